The van der Waals surface area contributed by atoms with Crippen LogP contribution >= 0.6 is 11.8 Å². The molecule has 2 atom stereocenters. The molecule has 2 aliphatic rings. The van der Waals surface area contributed by atoms with Gasteiger partial charge in [0.15, 0.2) is 0 Å². The Labute approximate surface area is 102 Å². The van der Waals surface area contributed by atoms with E-state index in [4.69, 9.17) is 0 Å². The smallest absolute Gasteiger partial charge is 0.225 e. The van der Waals surface area contributed by atoms with Gasteiger partial charge in [-0.2, -0.15) is 11.8 Å². The second-order valence-electron chi connectivity index (χ2n) is 4.89. The Morgan fingerprint density at radius 1 is 1.56 bits per heavy atom. The van der Waals surface area contributed by atoms with Crippen LogP contribution < -0.4 is 5.32 Å². The molecule has 2 saturated heterocycles. The van der Waals surface area contributed by atoms with Gasteiger partial charge in [-0.1, -0.05) is 13.8 Å². The molecule has 1 amide bonds. The molecule has 2 unspecified atom stereocenters. The highest BCUT2D eigenvalue weighted by molar-refractivity contribution is 8.00. The number of nitrogens with one attached hydrogen (secondary N) is 1. The van der Waals surface area contributed by atoms with Gasteiger partial charge >= 0.3 is 0 Å². The minimum atomic E-state index is 0.210. The lowest BCUT2D eigenvalue weighted by atomic mass is 9.88. The summed E-state index contributed by atoms with van der Waals surface area (Å²) in [5.41, 5.74) is 0. The van der Waals surface area contributed by atoms with Crippen molar-refractivity contribution in [3.8, 4) is 0 Å². The monoisotopic (exact) mass is 242 g/mol. The number of carbonyl (C=O) groups excluding carboxylic acids is 1. The highest BCUT2D eigenvalue weighted by Crippen LogP contribution is 2.24. The molecule has 3 nitrogen and oxygen atoms in total. The fourth-order valence-corrected chi connectivity index (χ4v) is 3.50. The SMILES string of the molecule is CCC1CN(C(=O)C(C)C2CNC2)CCS1. The van der Waals surface area contributed by atoms with Gasteiger partial charge < -0.3 is 10.2 Å². The van der Waals surface area contributed by atoms with Crippen LogP contribution in [0.5, 0.6) is 0 Å². The zero-order valence-electron chi connectivity index (χ0n) is 10.2. The lowest BCUT2D eigenvalue weighted by molar-refractivity contribution is -0.137. The summed E-state index contributed by atoms with van der Waals surface area (Å²) in [5, 5.41) is 3.90. The molecule has 0 aromatic rings. The van der Waals surface area contributed by atoms with Crippen molar-refractivity contribution in [2.45, 2.75) is 25.5 Å². The quantitative estimate of drug-likeness (QED) is 0.807. The summed E-state index contributed by atoms with van der Waals surface area (Å²) in [6.45, 7) is 8.26. The third kappa shape index (κ3) is 2.54. The Morgan fingerprint density at radius 3 is 2.88 bits per heavy atom. The molecule has 0 saturated carbocycles. The van der Waals surface area contributed by atoms with E-state index in [1.54, 1.807) is 0 Å². The van der Waals surface area contributed by atoms with Crippen molar-refractivity contribution in [1.29, 1.82) is 0 Å². The maximum atomic E-state index is 12.3. The number of hydrogen-bond acceptors (Lipinski definition) is 3. The van der Waals surface area contributed by atoms with Gasteiger partial charge in [0.2, 0.25) is 5.91 Å². The van der Waals surface area contributed by atoms with Crippen molar-refractivity contribution in [1.82, 2.24) is 10.2 Å². The molecule has 0 aliphatic carbocycles. The lowest BCUT2D eigenvalue weighted by Gasteiger charge is -2.38. The Morgan fingerprint density at radius 2 is 2.31 bits per heavy atom. The number of thioether (sulfide) groups is 1. The van der Waals surface area contributed by atoms with Gasteiger partial charge in [-0.15, -0.1) is 0 Å². The predicted octanol–water partition coefficient (Wildman–Crippen LogP) is 1.20. The van der Waals surface area contributed by atoms with Crippen LogP contribution in [0.3, 0.4) is 0 Å². The molecule has 0 spiro atoms. The average molecular weight is 242 g/mol. The first-order valence-electron chi connectivity index (χ1n) is 6.33. The van der Waals surface area contributed by atoms with Gasteiger partial charge in [0.05, 0.1) is 0 Å². The van der Waals surface area contributed by atoms with E-state index in [2.05, 4.69) is 24.1 Å². The molecule has 92 valence electrons. The maximum Gasteiger partial charge on any atom is 0.225 e. The second-order valence-corrected chi connectivity index (χ2v) is 6.30. The van der Waals surface area contributed by atoms with Crippen LogP contribution in [0.25, 0.3) is 0 Å². The summed E-state index contributed by atoms with van der Waals surface area (Å²) in [4.78, 5) is 14.4. The highest BCUT2D eigenvalue weighted by atomic mass is 32.2. The van der Waals surface area contributed by atoms with Crippen LogP contribution in [-0.4, -0.2) is 48.0 Å². The van der Waals surface area contributed by atoms with Crippen LogP contribution in [0.4, 0.5) is 0 Å². The first-order valence-corrected chi connectivity index (χ1v) is 7.38. The van der Waals surface area contributed by atoms with Crippen molar-refractivity contribution in [3.05, 3.63) is 0 Å². The summed E-state index contributed by atoms with van der Waals surface area (Å²) in [5.74, 6) is 2.27. The average Bonchev–Trinajstić information content (AvgIpc) is 2.25. The topological polar surface area (TPSA) is 32.3 Å². The lowest BCUT2D eigenvalue weighted by Crippen LogP contribution is -2.52. The minimum Gasteiger partial charge on any atom is -0.341 e. The number of hydrogen-bond donors (Lipinski definition) is 1. The summed E-state index contributed by atoms with van der Waals surface area (Å²) in [6, 6.07) is 0. The fourth-order valence-electron chi connectivity index (χ4n) is 2.32. The number of nitrogens with zero attached hydrogens (tertiary/aromatic N) is 1. The van der Waals surface area contributed by atoms with E-state index in [1.807, 2.05) is 11.8 Å². The van der Waals surface area contributed by atoms with Gasteiger partial charge in [-0.3, -0.25) is 4.79 Å². The minimum absolute atomic E-state index is 0.210. The first-order chi connectivity index (χ1) is 7.72. The van der Waals surface area contributed by atoms with E-state index in [0.717, 1.165) is 31.9 Å². The molecule has 0 aromatic heterocycles. The van der Waals surface area contributed by atoms with Gasteiger partial charge in [0, 0.05) is 30.0 Å². The molecular weight excluding hydrogens is 220 g/mol. The van der Waals surface area contributed by atoms with Gasteiger partial charge in [0.25, 0.3) is 0 Å². The van der Waals surface area contributed by atoms with E-state index < -0.39 is 0 Å². The highest BCUT2D eigenvalue weighted by Gasteiger charge is 2.33. The van der Waals surface area contributed by atoms with Gasteiger partial charge in [-0.05, 0) is 25.4 Å². The third-order valence-corrected chi connectivity index (χ3v) is 5.19. The van der Waals surface area contributed by atoms with E-state index >= 15 is 0 Å². The Kier molecular flexibility index (Phi) is 4.14. The fraction of sp³-hybridized carbons (Fsp3) is 0.917. The van der Waals surface area contributed by atoms with Crippen LogP contribution in [0.2, 0.25) is 0 Å². The number of rotatable bonds is 3. The van der Waals surface area contributed by atoms with E-state index in [0.29, 0.717) is 17.1 Å². The van der Waals surface area contributed by atoms with Crippen LogP contribution in [0.15, 0.2) is 0 Å². The zero-order valence-corrected chi connectivity index (χ0v) is 11.1. The standard InChI is InChI=1S/C12H22N2OS/c1-3-11-8-14(4-5-16-11)12(15)9(2)10-6-13-7-10/h9-11,13H,3-8H2,1-2H3. The molecule has 2 heterocycles. The summed E-state index contributed by atoms with van der Waals surface area (Å²) in [7, 11) is 0. The largest absolute Gasteiger partial charge is 0.341 e. The maximum absolute atomic E-state index is 12.3. The number of carbonyl (C=O) groups is 1. The molecule has 2 aliphatic heterocycles. The first kappa shape index (κ1) is 12.2. The van der Waals surface area contributed by atoms with E-state index in [-0.39, 0.29) is 5.92 Å². The zero-order chi connectivity index (χ0) is 11.5. The Hall–Kier alpha value is -0.220. The summed E-state index contributed by atoms with van der Waals surface area (Å²) >= 11 is 2.02. The van der Waals surface area contributed by atoms with Crippen molar-refractivity contribution < 1.29 is 4.79 Å². The molecule has 1 N–H and O–H groups in total. The van der Waals surface area contributed by atoms with Gasteiger partial charge in [-0.25, -0.2) is 0 Å². The Balaban J connectivity index is 1.87. The molecule has 16 heavy (non-hydrogen) atoms. The normalized spacial score (nSPS) is 28.6. The predicted molar refractivity (Wildman–Crippen MR) is 68.6 cm³/mol. The number of amides is 1. The van der Waals surface area contributed by atoms with Crippen molar-refractivity contribution in [2.24, 2.45) is 11.8 Å². The molecule has 0 aromatic carbocycles. The Bertz CT molecular complexity index is 255. The third-order valence-electron chi connectivity index (χ3n) is 3.82. The molecule has 2 fully saturated rings. The van der Waals surface area contributed by atoms with Crippen LogP contribution in [0, 0.1) is 11.8 Å². The van der Waals surface area contributed by atoms with E-state index in [1.165, 1.54) is 6.42 Å². The molecule has 0 radical (unpaired) electrons. The van der Waals surface area contributed by atoms with Gasteiger partial charge in [0.1, 0.15) is 0 Å². The second kappa shape index (κ2) is 5.41. The summed E-state index contributed by atoms with van der Waals surface area (Å²) < 4.78 is 0. The molecular formula is C12H22N2OS. The molecule has 4 heteroatoms. The van der Waals surface area contributed by atoms with Crippen LogP contribution in [-0.2, 0) is 4.79 Å². The molecule has 0 bridgehead atoms. The summed E-state index contributed by atoms with van der Waals surface area (Å²) in [6.07, 6.45) is 1.17. The molecule has 2 rings (SSSR count). The van der Waals surface area contributed by atoms with Crippen molar-refractivity contribution in [3.63, 3.8) is 0 Å². The van der Waals surface area contributed by atoms with Crippen LogP contribution in [0.1, 0.15) is 20.3 Å². The van der Waals surface area contributed by atoms with E-state index in [9.17, 15) is 4.79 Å². The van der Waals surface area contributed by atoms with Crippen molar-refractivity contribution in [2.75, 3.05) is 31.9 Å². The van der Waals surface area contributed by atoms with Crippen molar-refractivity contribution >= 4 is 17.7 Å².